The molecule has 0 aromatic heterocycles. The van der Waals surface area contributed by atoms with Gasteiger partial charge in [0.1, 0.15) is 0 Å². The van der Waals surface area contributed by atoms with Gasteiger partial charge in [-0.3, -0.25) is 0 Å². The molecule has 0 amide bonds. The van der Waals surface area contributed by atoms with Gasteiger partial charge in [-0.25, -0.2) is 8.78 Å². The zero-order chi connectivity index (χ0) is 15.9. The van der Waals surface area contributed by atoms with Crippen LogP contribution in [-0.4, -0.2) is 41.9 Å². The van der Waals surface area contributed by atoms with Crippen molar-refractivity contribution in [2.45, 2.75) is 50.2 Å². The van der Waals surface area contributed by atoms with Crippen LogP contribution < -0.4 is 0 Å². The Morgan fingerprint density at radius 3 is 1.45 bits per heavy atom. The lowest BCUT2D eigenvalue weighted by Crippen LogP contribution is -2.59. The topological polar surface area (TPSA) is 27.7 Å². The van der Waals surface area contributed by atoms with E-state index in [-0.39, 0.29) is 19.3 Å². The summed E-state index contributed by atoms with van der Waals surface area (Å²) < 4.78 is 77.7. The minimum absolute atomic E-state index is 0.0452. The Labute approximate surface area is 116 Å². The molecule has 0 radical (unpaired) electrons. The number of rotatable bonds is 10. The lowest BCUT2D eigenvalue weighted by molar-refractivity contribution is -0.135. The van der Waals surface area contributed by atoms with Crippen molar-refractivity contribution in [1.82, 2.24) is 0 Å². The summed E-state index contributed by atoms with van der Waals surface area (Å²) in [7, 11) is -0.776. The summed E-state index contributed by atoms with van der Waals surface area (Å²) in [5.74, 6) is 0. The summed E-state index contributed by atoms with van der Waals surface area (Å²) in [6, 6.07) is 0. The van der Waals surface area contributed by atoms with Crippen molar-refractivity contribution in [2.75, 3.05) is 21.3 Å². The van der Waals surface area contributed by atoms with Gasteiger partial charge in [-0.15, -0.1) is 0 Å². The minimum Gasteiger partial charge on any atom is -0.373 e. The van der Waals surface area contributed by atoms with Gasteiger partial charge in [-0.05, 0) is 12.8 Å². The van der Waals surface area contributed by atoms with E-state index in [1.54, 1.807) is 0 Å². The molecule has 0 unspecified atom stereocenters. The molecule has 122 valence electrons. The molecule has 0 saturated heterocycles. The van der Waals surface area contributed by atoms with Gasteiger partial charge in [-0.1, -0.05) is 12.8 Å². The van der Waals surface area contributed by atoms with Gasteiger partial charge in [0, 0.05) is 34.2 Å². The highest BCUT2D eigenvalue weighted by Gasteiger charge is 2.62. The Hall–Kier alpha value is -0.253. The highest BCUT2D eigenvalue weighted by atomic mass is 28.4. The van der Waals surface area contributed by atoms with E-state index >= 15 is 0 Å². The maximum absolute atomic E-state index is 13.9. The number of hydrogen-bond acceptors (Lipinski definition) is 3. The second-order valence-electron chi connectivity index (χ2n) is 4.40. The van der Waals surface area contributed by atoms with Gasteiger partial charge in [0.15, 0.2) is 0 Å². The summed E-state index contributed by atoms with van der Waals surface area (Å²) in [4.78, 5) is 0. The lowest BCUT2D eigenvalue weighted by Gasteiger charge is -2.31. The highest BCUT2D eigenvalue weighted by Crippen LogP contribution is 2.34. The predicted octanol–water partition coefficient (Wildman–Crippen LogP) is 3.94. The van der Waals surface area contributed by atoms with Crippen molar-refractivity contribution in [3.8, 4) is 0 Å². The van der Waals surface area contributed by atoms with Crippen molar-refractivity contribution >= 4 is 8.80 Å². The molecule has 3 nitrogen and oxygen atoms in total. The van der Waals surface area contributed by atoms with Crippen LogP contribution >= 0.6 is 0 Å². The molecule has 0 saturated carbocycles. The van der Waals surface area contributed by atoms with Gasteiger partial charge in [-0.2, -0.15) is 13.2 Å². The number of hydrogen-bond donors (Lipinski definition) is 0. The van der Waals surface area contributed by atoms with E-state index in [9.17, 15) is 22.0 Å². The van der Waals surface area contributed by atoms with Crippen LogP contribution in [0.3, 0.4) is 0 Å². The van der Waals surface area contributed by atoms with Crippen LogP contribution in [0.25, 0.3) is 0 Å². The third kappa shape index (κ3) is 6.02. The molecular formula is C11H21F5O3Si. The van der Waals surface area contributed by atoms with Crippen LogP contribution in [0.15, 0.2) is 0 Å². The van der Waals surface area contributed by atoms with Crippen LogP contribution in [-0.2, 0) is 13.3 Å². The van der Waals surface area contributed by atoms with Gasteiger partial charge in [0.2, 0.25) is 0 Å². The van der Waals surface area contributed by atoms with Crippen molar-refractivity contribution < 1.29 is 35.2 Å². The Balaban J connectivity index is 4.10. The molecule has 0 aromatic carbocycles. The summed E-state index contributed by atoms with van der Waals surface area (Å²) >= 11 is 0. The first-order valence-electron chi connectivity index (χ1n) is 6.24. The second-order valence-corrected chi connectivity index (χ2v) is 7.47. The van der Waals surface area contributed by atoms with E-state index in [0.29, 0.717) is 6.42 Å². The van der Waals surface area contributed by atoms with Gasteiger partial charge in [0.25, 0.3) is 0 Å². The van der Waals surface area contributed by atoms with Crippen molar-refractivity contribution in [3.05, 3.63) is 0 Å². The maximum Gasteiger partial charge on any atom is 0.573 e. The molecule has 0 fully saturated rings. The number of alkyl halides is 5. The van der Waals surface area contributed by atoms with Gasteiger partial charge in [0.05, 0.1) is 0 Å². The molecule has 0 N–H and O–H groups in total. The SMILES string of the molecule is CO[Si](OC)(OC)C(F)(F)CCCCCCC(F)(F)F. The van der Waals surface area contributed by atoms with Crippen LogP contribution in [0.4, 0.5) is 22.0 Å². The zero-order valence-corrected chi connectivity index (χ0v) is 12.9. The van der Waals surface area contributed by atoms with Crippen molar-refractivity contribution in [1.29, 1.82) is 0 Å². The Kier molecular flexibility index (Phi) is 8.15. The average molecular weight is 324 g/mol. The van der Waals surface area contributed by atoms with Crippen molar-refractivity contribution in [3.63, 3.8) is 0 Å². The lowest BCUT2D eigenvalue weighted by atomic mass is 10.1. The Bertz CT molecular complexity index is 261. The quantitative estimate of drug-likeness (QED) is 0.346. The summed E-state index contributed by atoms with van der Waals surface area (Å²) in [6.07, 6.45) is -4.98. The molecule has 0 aliphatic carbocycles. The van der Waals surface area contributed by atoms with Crippen LogP contribution in [0.2, 0.25) is 0 Å². The zero-order valence-electron chi connectivity index (χ0n) is 11.9. The van der Waals surface area contributed by atoms with E-state index in [2.05, 4.69) is 0 Å². The fourth-order valence-electron chi connectivity index (χ4n) is 1.88. The molecule has 0 aliphatic heterocycles. The van der Waals surface area contributed by atoms with E-state index < -0.39 is 33.4 Å². The third-order valence-electron chi connectivity index (χ3n) is 2.96. The van der Waals surface area contributed by atoms with E-state index in [1.807, 2.05) is 0 Å². The van der Waals surface area contributed by atoms with E-state index in [4.69, 9.17) is 13.3 Å². The molecule has 0 bridgehead atoms. The predicted molar refractivity (Wildman–Crippen MR) is 65.5 cm³/mol. The molecule has 20 heavy (non-hydrogen) atoms. The Morgan fingerprint density at radius 1 is 0.700 bits per heavy atom. The summed E-state index contributed by atoms with van der Waals surface area (Å²) in [6.45, 7) is 0. The molecule has 0 spiro atoms. The first-order valence-corrected chi connectivity index (χ1v) is 7.96. The molecule has 0 atom stereocenters. The van der Waals surface area contributed by atoms with Gasteiger partial charge >= 0.3 is 20.5 Å². The van der Waals surface area contributed by atoms with E-state index in [1.165, 1.54) is 0 Å². The third-order valence-corrected chi connectivity index (χ3v) is 5.71. The largest absolute Gasteiger partial charge is 0.573 e. The fraction of sp³-hybridized carbons (Fsp3) is 1.00. The van der Waals surface area contributed by atoms with Gasteiger partial charge < -0.3 is 13.3 Å². The average Bonchev–Trinajstić information content (AvgIpc) is 2.35. The fourth-order valence-corrected chi connectivity index (χ4v) is 3.76. The summed E-state index contributed by atoms with van der Waals surface area (Å²) in [5, 5.41) is 0. The highest BCUT2D eigenvalue weighted by molar-refractivity contribution is 6.63. The smallest absolute Gasteiger partial charge is 0.373 e. The maximum atomic E-state index is 13.9. The minimum atomic E-state index is -4.19. The molecule has 0 rings (SSSR count). The van der Waals surface area contributed by atoms with Crippen LogP contribution in [0, 0.1) is 0 Å². The normalized spacial score (nSPS) is 13.8. The van der Waals surface area contributed by atoms with E-state index in [0.717, 1.165) is 21.3 Å². The number of unbranched alkanes of at least 4 members (excludes halogenated alkanes) is 3. The van der Waals surface area contributed by atoms with Crippen molar-refractivity contribution in [2.24, 2.45) is 0 Å². The standard InChI is InChI=1S/C11H21F5O3Si/c1-17-20(18-2,19-3)11(15,16)9-7-5-4-6-8-10(12,13)14/h4-9H2,1-3H3. The second kappa shape index (κ2) is 8.25. The molecule has 0 aromatic rings. The first-order chi connectivity index (χ1) is 9.14. The van der Waals surface area contributed by atoms with Crippen LogP contribution in [0.1, 0.15) is 38.5 Å². The Morgan fingerprint density at radius 2 is 1.10 bits per heavy atom. The first kappa shape index (κ1) is 19.7. The van der Waals surface area contributed by atoms with Crippen LogP contribution in [0.5, 0.6) is 0 Å². The number of halogens is 5. The molecule has 0 aliphatic rings. The monoisotopic (exact) mass is 324 g/mol. The molecule has 0 heterocycles. The summed E-state index contributed by atoms with van der Waals surface area (Å²) in [5.41, 5.74) is -3.25. The molecule has 9 heteroatoms. The molecular weight excluding hydrogens is 303 g/mol.